The minimum absolute atomic E-state index is 0.0189. The van der Waals surface area contributed by atoms with E-state index in [-0.39, 0.29) is 30.4 Å². The molecule has 0 aliphatic rings. The van der Waals surface area contributed by atoms with Crippen LogP contribution in [0.5, 0.6) is 0 Å². The smallest absolute Gasteiger partial charge is 0.322 e. The second-order valence-corrected chi connectivity index (χ2v) is 12.1. The van der Waals surface area contributed by atoms with E-state index >= 15 is 0 Å². The van der Waals surface area contributed by atoms with Gasteiger partial charge in [0, 0.05) is 38.6 Å². The number of unbranched alkanes of at least 4 members (excludes halogenated alkanes) is 1. The number of benzene rings is 1. The first-order valence-electron chi connectivity index (χ1n) is 16.7. The first-order valence-corrected chi connectivity index (χ1v) is 17.2. The summed E-state index contributed by atoms with van der Waals surface area (Å²) in [6.45, 7) is 10.0. The standard InChI is InChI=1S/C21H42N8O5.C7H8.C6H12N2S/c1-13(2)14(3)28-15(8-6-10-25-21(23)24)19(33)26-11-17(30)29-16(7-4-5-9-22)20(34)27-12-18(31)32;1-7-5-3-2-4-6-7;1-6(4-7-2)8(3)5-9/h13-16,28H,4-12,22H2,1-3H3,(H,26,33)(H,27,34)(H,29,30)(H,31,32)(H4,23,24,25);2-6H,1H3;4-5,7H,1-3H3/b;;6-4-. The van der Waals surface area contributed by atoms with Crippen LogP contribution in [0.3, 0.4) is 0 Å². The third-order valence-electron chi connectivity index (χ3n) is 7.17. The molecule has 1 aromatic carbocycles. The van der Waals surface area contributed by atoms with Gasteiger partial charge in [0.25, 0.3) is 0 Å². The zero-order chi connectivity index (χ0) is 38.5. The van der Waals surface area contributed by atoms with Gasteiger partial charge < -0.3 is 53.8 Å². The van der Waals surface area contributed by atoms with Crippen LogP contribution in [0.1, 0.15) is 65.4 Å². The number of allylic oxidation sites excluding steroid dienone is 1. The summed E-state index contributed by atoms with van der Waals surface area (Å²) < 4.78 is 0. The van der Waals surface area contributed by atoms with E-state index in [0.717, 1.165) is 5.70 Å². The SMILES string of the molecule is CC(C)C(C)NC(CCCN=C(N)N)C(=O)NCC(=O)NC(CCCCN)C(=O)NCC(=O)O.CN/C=C(/C)N(C)C=S.Cc1ccccc1. The molecule has 12 N–H and O–H groups in total. The van der Waals surface area contributed by atoms with Gasteiger partial charge in [0.1, 0.15) is 12.6 Å². The molecule has 15 nitrogen and oxygen atoms in total. The van der Waals surface area contributed by atoms with Crippen molar-refractivity contribution in [1.82, 2.24) is 31.5 Å². The number of carbonyl (C=O) groups is 4. The molecule has 284 valence electrons. The number of aryl methyl sites for hydroxylation is 1. The van der Waals surface area contributed by atoms with Crippen LogP contribution in [-0.4, -0.2) is 104 Å². The molecule has 1 rings (SSSR count). The molecule has 16 heteroatoms. The lowest BCUT2D eigenvalue weighted by Crippen LogP contribution is -2.53. The highest BCUT2D eigenvalue weighted by Gasteiger charge is 2.24. The first kappa shape index (κ1) is 47.8. The first-order chi connectivity index (χ1) is 23.6. The average molecular weight is 723 g/mol. The van der Waals surface area contributed by atoms with Crippen molar-refractivity contribution in [2.45, 2.75) is 84.8 Å². The zero-order valence-corrected chi connectivity index (χ0v) is 31.6. The molecule has 0 bridgehead atoms. The van der Waals surface area contributed by atoms with Crippen molar-refractivity contribution in [3.8, 4) is 0 Å². The summed E-state index contributed by atoms with van der Waals surface area (Å²) in [5.41, 5.74) is 20.2. The van der Waals surface area contributed by atoms with Crippen LogP contribution in [0.25, 0.3) is 0 Å². The fraction of sp³-hybridized carbons (Fsp3) is 0.588. The van der Waals surface area contributed by atoms with E-state index < -0.39 is 36.4 Å². The number of nitrogens with one attached hydrogen (secondary N) is 5. The van der Waals surface area contributed by atoms with E-state index in [1.54, 1.807) is 5.49 Å². The van der Waals surface area contributed by atoms with E-state index in [1.165, 1.54) is 5.56 Å². The number of carbonyl (C=O) groups excluding carboxylic acids is 3. The maximum atomic E-state index is 12.7. The number of aliphatic carboxylic acids is 1. The fourth-order valence-corrected chi connectivity index (χ4v) is 3.98. The van der Waals surface area contributed by atoms with Crippen molar-refractivity contribution in [3.05, 3.63) is 47.8 Å². The summed E-state index contributed by atoms with van der Waals surface area (Å²) in [6.07, 6.45) is 4.43. The quantitative estimate of drug-likeness (QED) is 0.0373. The Morgan fingerprint density at radius 2 is 1.54 bits per heavy atom. The van der Waals surface area contributed by atoms with Crippen molar-refractivity contribution >= 4 is 47.4 Å². The molecule has 50 heavy (non-hydrogen) atoms. The van der Waals surface area contributed by atoms with Gasteiger partial charge in [-0.05, 0) is 65.3 Å². The molecule has 1 aromatic rings. The van der Waals surface area contributed by atoms with Gasteiger partial charge in [-0.2, -0.15) is 0 Å². The summed E-state index contributed by atoms with van der Waals surface area (Å²) in [4.78, 5) is 53.9. The number of hydrogen-bond donors (Lipinski definition) is 9. The Morgan fingerprint density at radius 1 is 0.960 bits per heavy atom. The van der Waals surface area contributed by atoms with Gasteiger partial charge >= 0.3 is 5.97 Å². The minimum Gasteiger partial charge on any atom is -0.480 e. The topological polar surface area (TPSA) is 242 Å². The zero-order valence-electron chi connectivity index (χ0n) is 30.8. The molecule has 0 saturated carbocycles. The van der Waals surface area contributed by atoms with E-state index in [1.807, 2.05) is 71.1 Å². The van der Waals surface area contributed by atoms with Crippen LogP contribution in [0.15, 0.2) is 47.2 Å². The van der Waals surface area contributed by atoms with Gasteiger partial charge in [-0.25, -0.2) is 0 Å². The van der Waals surface area contributed by atoms with Crippen LogP contribution in [0.4, 0.5) is 0 Å². The lowest BCUT2D eigenvalue weighted by Gasteiger charge is -2.25. The van der Waals surface area contributed by atoms with Crippen molar-refractivity contribution in [2.24, 2.45) is 28.1 Å². The third-order valence-corrected chi connectivity index (χ3v) is 7.49. The molecular formula is C34H62N10O5S. The van der Waals surface area contributed by atoms with E-state index in [2.05, 4.69) is 50.6 Å². The van der Waals surface area contributed by atoms with Gasteiger partial charge in [0.15, 0.2) is 5.96 Å². The Kier molecular flexibility index (Phi) is 28.3. The number of guanidine groups is 1. The number of rotatable bonds is 21. The minimum atomic E-state index is -1.19. The number of carboxylic acids is 1. The summed E-state index contributed by atoms with van der Waals surface area (Å²) in [5.74, 6) is -2.45. The number of hydrogen-bond acceptors (Lipinski definition) is 9. The number of carboxylic acid groups (broad SMARTS) is 1. The summed E-state index contributed by atoms with van der Waals surface area (Å²) in [5, 5.41) is 22.3. The molecule has 0 radical (unpaired) electrons. The van der Waals surface area contributed by atoms with E-state index in [4.69, 9.17) is 34.5 Å². The van der Waals surface area contributed by atoms with Crippen LogP contribution in [-0.2, 0) is 19.2 Å². The molecule has 0 saturated heterocycles. The Labute approximate surface area is 303 Å². The van der Waals surface area contributed by atoms with Crippen LogP contribution in [0, 0.1) is 12.8 Å². The summed E-state index contributed by atoms with van der Waals surface area (Å²) in [7, 11) is 3.77. The Bertz CT molecular complexity index is 1180. The maximum Gasteiger partial charge on any atom is 0.322 e. The molecule has 0 spiro atoms. The molecule has 0 aromatic heterocycles. The molecule has 0 heterocycles. The summed E-state index contributed by atoms with van der Waals surface area (Å²) >= 11 is 4.70. The van der Waals surface area contributed by atoms with Gasteiger partial charge in [-0.15, -0.1) is 0 Å². The Morgan fingerprint density at radius 3 is 2.02 bits per heavy atom. The van der Waals surface area contributed by atoms with Gasteiger partial charge in [0.2, 0.25) is 17.7 Å². The van der Waals surface area contributed by atoms with Crippen molar-refractivity contribution in [1.29, 1.82) is 0 Å². The predicted octanol–water partition coefficient (Wildman–Crippen LogP) is 0.925. The van der Waals surface area contributed by atoms with Gasteiger partial charge in [-0.1, -0.05) is 62.0 Å². The molecule has 3 atom stereocenters. The fourth-order valence-electron chi connectivity index (χ4n) is 3.82. The molecule has 3 unspecified atom stereocenters. The monoisotopic (exact) mass is 722 g/mol. The van der Waals surface area contributed by atoms with Gasteiger partial charge in [0.05, 0.1) is 18.1 Å². The Hall–Kier alpha value is -4.28. The summed E-state index contributed by atoms with van der Waals surface area (Å²) in [6, 6.07) is 8.83. The van der Waals surface area contributed by atoms with Crippen molar-refractivity contribution in [3.63, 3.8) is 0 Å². The maximum absolute atomic E-state index is 12.7. The molecule has 0 aliphatic heterocycles. The van der Waals surface area contributed by atoms with Crippen LogP contribution < -0.4 is 43.8 Å². The number of nitrogens with zero attached hydrogens (tertiary/aromatic N) is 2. The number of nitrogens with two attached hydrogens (primary N) is 3. The van der Waals surface area contributed by atoms with E-state index in [0.29, 0.717) is 45.2 Å². The second kappa shape index (κ2) is 29.6. The predicted molar refractivity (Wildman–Crippen MR) is 205 cm³/mol. The van der Waals surface area contributed by atoms with Gasteiger partial charge in [-0.3, -0.25) is 24.2 Å². The number of thiocarbonyl (C=S) groups is 1. The highest BCUT2D eigenvalue weighted by atomic mass is 32.1. The Balaban J connectivity index is 0. The molecule has 0 fully saturated rings. The third kappa shape index (κ3) is 26.6. The van der Waals surface area contributed by atoms with Crippen LogP contribution in [0.2, 0.25) is 0 Å². The lowest BCUT2D eigenvalue weighted by molar-refractivity contribution is -0.138. The highest BCUT2D eigenvalue weighted by Crippen LogP contribution is 2.06. The number of aliphatic imine (C=N–C) groups is 1. The second-order valence-electron chi connectivity index (χ2n) is 11.9. The van der Waals surface area contributed by atoms with Crippen molar-refractivity contribution in [2.75, 3.05) is 40.3 Å². The van der Waals surface area contributed by atoms with E-state index in [9.17, 15) is 19.2 Å². The highest BCUT2D eigenvalue weighted by molar-refractivity contribution is 7.78. The van der Waals surface area contributed by atoms with Crippen LogP contribution >= 0.6 is 12.2 Å². The molecular weight excluding hydrogens is 661 g/mol. The number of amides is 3. The molecule has 3 amide bonds. The van der Waals surface area contributed by atoms with Crippen molar-refractivity contribution < 1.29 is 24.3 Å². The molecule has 0 aliphatic carbocycles. The normalized spacial score (nSPS) is 12.3. The lowest BCUT2D eigenvalue weighted by atomic mass is 10.0. The largest absolute Gasteiger partial charge is 0.480 e. The average Bonchev–Trinajstić information content (AvgIpc) is 3.07.